The van der Waals surface area contributed by atoms with Crippen LogP contribution in [0.2, 0.25) is 0 Å². The molecule has 0 saturated heterocycles. The van der Waals surface area contributed by atoms with Gasteiger partial charge in [-0.2, -0.15) is 10.1 Å². The number of unbranched alkanes of at least 4 members (excludes halogenated alkanes) is 1. The fourth-order valence-electron chi connectivity index (χ4n) is 8.62. The second kappa shape index (κ2) is 18.8. The van der Waals surface area contributed by atoms with Crippen LogP contribution in [0.25, 0.3) is 33.4 Å². The standard InChI is InChI=1S/C46H64N8O5/c1-7-8-9-31-11-15-36(16-12-31)59-46(4,5)21-25-57-45(2,3)20-24-56-23-19-39(55)53-22-18-33-26-32(10-13-35(33)29-53)28-54-43-40(42(48-6)49-30-50-43)41(52-54)34-14-17-38-37(27-34)51-44(47)58-38/h10,13-14,17,26-27,30-31,36H,7-9,11-12,15-16,18-25,28-29H2,1-6H3,(H2,47,51)(H,48,49,50). The van der Waals surface area contributed by atoms with Crippen LogP contribution in [-0.4, -0.2) is 86.3 Å². The summed E-state index contributed by atoms with van der Waals surface area (Å²) in [6.07, 6.45) is 13.7. The van der Waals surface area contributed by atoms with Gasteiger partial charge in [0.05, 0.1) is 48.9 Å². The van der Waals surface area contributed by atoms with E-state index < -0.39 is 0 Å². The van der Waals surface area contributed by atoms with Crippen molar-refractivity contribution >= 4 is 39.9 Å². The minimum Gasteiger partial charge on any atom is -0.424 e. The van der Waals surface area contributed by atoms with Crippen molar-refractivity contribution in [1.29, 1.82) is 0 Å². The zero-order valence-electron chi connectivity index (χ0n) is 36.0. The number of hydrogen-bond acceptors (Lipinski definition) is 11. The second-order valence-corrected chi connectivity index (χ2v) is 17.7. The van der Waals surface area contributed by atoms with Crippen LogP contribution in [-0.2, 0) is 38.5 Å². The van der Waals surface area contributed by atoms with Gasteiger partial charge in [0.25, 0.3) is 6.01 Å². The van der Waals surface area contributed by atoms with E-state index in [1.54, 1.807) is 6.33 Å². The monoisotopic (exact) mass is 808 g/mol. The summed E-state index contributed by atoms with van der Waals surface area (Å²) in [6, 6.07) is 12.3. The summed E-state index contributed by atoms with van der Waals surface area (Å²) in [4.78, 5) is 28.6. The number of amides is 1. The summed E-state index contributed by atoms with van der Waals surface area (Å²) in [6.45, 7) is 14.3. The van der Waals surface area contributed by atoms with Gasteiger partial charge < -0.3 is 34.6 Å². The SMILES string of the molecule is CCCCC1CCC(OC(C)(C)CCOC(C)(C)CCOCCC(=O)N2CCc3cc(Cn4nc(-c5ccc6oc(N)nc6c5)c5c(NC)ncnc54)ccc3C2)CC1. The van der Waals surface area contributed by atoms with E-state index in [0.29, 0.717) is 68.9 Å². The third kappa shape index (κ3) is 10.8. The van der Waals surface area contributed by atoms with Crippen molar-refractivity contribution in [3.05, 3.63) is 59.4 Å². The fourth-order valence-corrected chi connectivity index (χ4v) is 8.62. The Morgan fingerprint density at radius 2 is 1.80 bits per heavy atom. The quantitative estimate of drug-likeness (QED) is 0.0770. The molecule has 13 nitrogen and oxygen atoms in total. The zero-order chi connectivity index (χ0) is 41.6. The van der Waals surface area contributed by atoms with Crippen LogP contribution in [0.1, 0.15) is 116 Å². The van der Waals surface area contributed by atoms with Crippen LogP contribution < -0.4 is 11.1 Å². The van der Waals surface area contributed by atoms with E-state index in [0.717, 1.165) is 53.0 Å². The number of nitrogens with zero attached hydrogens (tertiary/aromatic N) is 6. The Balaban J connectivity index is 0.852. The molecule has 13 heteroatoms. The lowest BCUT2D eigenvalue weighted by Crippen LogP contribution is -2.36. The second-order valence-electron chi connectivity index (χ2n) is 17.7. The highest BCUT2D eigenvalue weighted by molar-refractivity contribution is 6.00. The highest BCUT2D eigenvalue weighted by Gasteiger charge is 2.29. The van der Waals surface area contributed by atoms with Crippen LogP contribution in [0.15, 0.2) is 47.1 Å². The highest BCUT2D eigenvalue weighted by atomic mass is 16.5. The average molecular weight is 809 g/mol. The van der Waals surface area contributed by atoms with Gasteiger partial charge in [0.2, 0.25) is 5.91 Å². The first-order chi connectivity index (χ1) is 28.4. The number of aromatic nitrogens is 5. The molecule has 2 aromatic carbocycles. The Kier molecular flexibility index (Phi) is 13.5. The van der Waals surface area contributed by atoms with Gasteiger partial charge in [0, 0.05) is 32.3 Å². The van der Waals surface area contributed by atoms with Crippen molar-refractivity contribution in [3.8, 4) is 11.3 Å². The van der Waals surface area contributed by atoms with Crippen LogP contribution >= 0.6 is 0 Å². The maximum absolute atomic E-state index is 13.2. The van der Waals surface area contributed by atoms with Crippen molar-refractivity contribution in [1.82, 2.24) is 29.6 Å². The fraction of sp³-hybridized carbons (Fsp3) is 0.587. The molecule has 0 bridgehead atoms. The molecule has 1 aliphatic heterocycles. The number of nitrogen functional groups attached to an aromatic ring is 1. The summed E-state index contributed by atoms with van der Waals surface area (Å²) >= 11 is 0. The van der Waals surface area contributed by atoms with Gasteiger partial charge in [-0.15, -0.1) is 0 Å². The molecule has 7 rings (SSSR count). The van der Waals surface area contributed by atoms with Gasteiger partial charge in [0.1, 0.15) is 23.4 Å². The lowest BCUT2D eigenvalue weighted by molar-refractivity contribution is -0.133. The summed E-state index contributed by atoms with van der Waals surface area (Å²) in [5, 5.41) is 9.05. The summed E-state index contributed by atoms with van der Waals surface area (Å²) in [5.74, 6) is 1.70. The lowest BCUT2D eigenvalue weighted by atomic mass is 9.84. The van der Waals surface area contributed by atoms with Crippen molar-refractivity contribution in [2.24, 2.45) is 5.92 Å². The van der Waals surface area contributed by atoms with E-state index in [1.807, 2.05) is 34.8 Å². The number of hydrogen-bond donors (Lipinski definition) is 2. The predicted molar refractivity (Wildman–Crippen MR) is 232 cm³/mol. The number of nitrogens with one attached hydrogen (secondary N) is 1. The Hall–Kier alpha value is -4.59. The number of benzene rings is 2. The molecule has 5 aromatic rings. The predicted octanol–water partition coefficient (Wildman–Crippen LogP) is 8.72. The number of rotatable bonds is 19. The molecular formula is C46H64N8O5. The van der Waals surface area contributed by atoms with Crippen molar-refractivity contribution in [2.45, 2.75) is 136 Å². The van der Waals surface area contributed by atoms with Crippen LogP contribution in [0.5, 0.6) is 0 Å². The number of anilines is 2. The minimum absolute atomic E-state index is 0.119. The Morgan fingerprint density at radius 3 is 2.59 bits per heavy atom. The molecule has 2 aliphatic rings. The first-order valence-corrected chi connectivity index (χ1v) is 21.7. The molecule has 318 valence electrons. The van der Waals surface area contributed by atoms with E-state index in [9.17, 15) is 4.79 Å². The van der Waals surface area contributed by atoms with Gasteiger partial charge in [-0.1, -0.05) is 44.4 Å². The van der Waals surface area contributed by atoms with Gasteiger partial charge in [0.15, 0.2) is 11.2 Å². The van der Waals surface area contributed by atoms with E-state index in [4.69, 9.17) is 29.5 Å². The zero-order valence-corrected chi connectivity index (χ0v) is 36.0. The molecule has 1 aliphatic carbocycles. The third-order valence-corrected chi connectivity index (χ3v) is 12.2. The van der Waals surface area contributed by atoms with Crippen LogP contribution in [0, 0.1) is 5.92 Å². The summed E-state index contributed by atoms with van der Waals surface area (Å²) in [7, 11) is 1.84. The molecule has 0 spiro atoms. The van der Waals surface area contributed by atoms with Gasteiger partial charge in [-0.25, -0.2) is 14.6 Å². The summed E-state index contributed by atoms with van der Waals surface area (Å²) < 4.78 is 26.2. The van der Waals surface area contributed by atoms with Crippen molar-refractivity contribution in [3.63, 3.8) is 0 Å². The molecule has 1 saturated carbocycles. The smallest absolute Gasteiger partial charge is 0.292 e. The number of fused-ring (bicyclic) bond motifs is 3. The maximum Gasteiger partial charge on any atom is 0.292 e. The van der Waals surface area contributed by atoms with Crippen molar-refractivity contribution < 1.29 is 23.4 Å². The molecule has 3 aromatic heterocycles. The Morgan fingerprint density at radius 1 is 0.983 bits per heavy atom. The Bertz CT molecular complexity index is 2190. The number of carbonyl (C=O) groups excluding carboxylic acids is 1. The number of ether oxygens (including phenoxy) is 3. The largest absolute Gasteiger partial charge is 0.424 e. The first kappa shape index (κ1) is 42.5. The number of carbonyl (C=O) groups is 1. The molecular weight excluding hydrogens is 745 g/mol. The topological polar surface area (TPSA) is 156 Å². The molecule has 0 radical (unpaired) electrons. The number of nitrogens with two attached hydrogens (primary N) is 1. The molecule has 0 unspecified atom stereocenters. The van der Waals surface area contributed by atoms with E-state index in [2.05, 4.69) is 73.1 Å². The van der Waals surface area contributed by atoms with Gasteiger partial charge in [-0.05, 0) is 113 Å². The maximum atomic E-state index is 13.2. The first-order valence-electron chi connectivity index (χ1n) is 21.7. The molecule has 3 N–H and O–H groups in total. The lowest BCUT2D eigenvalue weighted by Gasteiger charge is -2.36. The van der Waals surface area contributed by atoms with E-state index in [-0.39, 0.29) is 23.1 Å². The number of oxazole rings is 1. The van der Waals surface area contributed by atoms with E-state index in [1.165, 1.54) is 56.1 Å². The normalized spacial score (nSPS) is 17.5. The van der Waals surface area contributed by atoms with Gasteiger partial charge >= 0.3 is 0 Å². The van der Waals surface area contributed by atoms with Crippen LogP contribution in [0.4, 0.5) is 11.8 Å². The highest BCUT2D eigenvalue weighted by Crippen LogP contribution is 2.35. The average Bonchev–Trinajstić information content (AvgIpc) is 3.78. The van der Waals surface area contributed by atoms with Gasteiger partial charge in [-0.3, -0.25) is 4.79 Å². The van der Waals surface area contributed by atoms with Crippen LogP contribution in [0.3, 0.4) is 0 Å². The molecule has 4 heterocycles. The third-order valence-electron chi connectivity index (χ3n) is 12.2. The molecule has 0 atom stereocenters. The minimum atomic E-state index is -0.314. The summed E-state index contributed by atoms with van der Waals surface area (Å²) in [5.41, 5.74) is 12.4. The van der Waals surface area contributed by atoms with Crippen molar-refractivity contribution in [2.75, 3.05) is 44.5 Å². The molecule has 1 fully saturated rings. The Labute approximate surface area is 348 Å². The molecule has 1 amide bonds. The molecule has 59 heavy (non-hydrogen) atoms. The van der Waals surface area contributed by atoms with E-state index >= 15 is 0 Å².